The van der Waals surface area contributed by atoms with Crippen LogP contribution in [0.4, 0.5) is 27.6 Å². The number of likely N-dealkylation sites (N-methyl/N-ethyl adjacent to an activating group) is 1. The number of benzene rings is 1. The molecule has 154 valence electrons. The summed E-state index contributed by atoms with van der Waals surface area (Å²) in [5.74, 6) is -6.80. The minimum atomic E-state index is -5.72. The number of anilines is 1. The van der Waals surface area contributed by atoms with E-state index in [-0.39, 0.29) is 5.69 Å². The van der Waals surface area contributed by atoms with Gasteiger partial charge in [0.1, 0.15) is 7.38 Å². The molecule has 1 unspecified atom stereocenters. The van der Waals surface area contributed by atoms with E-state index in [1.807, 2.05) is 19.2 Å². The molecule has 0 aliphatic carbocycles. The van der Waals surface area contributed by atoms with Crippen molar-refractivity contribution in [3.63, 3.8) is 0 Å². The maximum absolute atomic E-state index is 14.2. The van der Waals surface area contributed by atoms with Crippen LogP contribution in [-0.4, -0.2) is 47.3 Å². The Balaban J connectivity index is 3.25. The number of ether oxygens (including phenoxy) is 1. The van der Waals surface area contributed by atoms with Gasteiger partial charge in [-0.2, -0.15) is 28.6 Å². The second-order valence-electron chi connectivity index (χ2n) is 7.54. The van der Waals surface area contributed by atoms with Crippen LogP contribution in [-0.2, 0) is 9.53 Å². The molecule has 11 heteroatoms. The molecule has 0 aromatic heterocycles. The summed E-state index contributed by atoms with van der Waals surface area (Å²) in [5, 5.41) is 0.865. The standard InChI is InChI=1S/C16H23ClF5NO2Si2/c1-23(14(24)15(19,25-10-18)16(20,21)22)12-7-6-8-13(9-12)26(2,3)11-27(4,5)17/h6-9H,10-11H2,1-5H3. The first-order valence-corrected chi connectivity index (χ1v) is 15.5. The molecule has 27 heavy (non-hydrogen) atoms. The van der Waals surface area contributed by atoms with Crippen LogP contribution in [0.15, 0.2) is 24.3 Å². The van der Waals surface area contributed by atoms with Gasteiger partial charge in [-0.1, -0.05) is 43.5 Å². The lowest BCUT2D eigenvalue weighted by Gasteiger charge is -2.31. The first-order valence-electron chi connectivity index (χ1n) is 8.08. The first-order chi connectivity index (χ1) is 12.0. The van der Waals surface area contributed by atoms with Crippen molar-refractivity contribution in [2.45, 2.75) is 43.9 Å². The summed E-state index contributed by atoms with van der Waals surface area (Å²) >= 11 is 6.45. The Morgan fingerprint density at radius 1 is 1.19 bits per heavy atom. The number of hydrogen-bond donors (Lipinski definition) is 0. The number of amides is 1. The molecular weight excluding hydrogens is 425 g/mol. The third-order valence-corrected chi connectivity index (χ3v) is 14.1. The van der Waals surface area contributed by atoms with E-state index in [4.69, 9.17) is 11.1 Å². The highest BCUT2D eigenvalue weighted by molar-refractivity contribution is 7.24. The van der Waals surface area contributed by atoms with Crippen molar-refractivity contribution in [1.82, 2.24) is 0 Å². The van der Waals surface area contributed by atoms with Gasteiger partial charge in [0.2, 0.25) is 0 Å². The highest BCUT2D eigenvalue weighted by atomic mass is 35.6. The predicted molar refractivity (Wildman–Crippen MR) is 102 cm³/mol. The molecule has 0 radical (unpaired) electrons. The zero-order valence-corrected chi connectivity index (χ0v) is 18.5. The van der Waals surface area contributed by atoms with Gasteiger partial charge in [0.05, 0.1) is 8.07 Å². The maximum atomic E-state index is 14.2. The van der Waals surface area contributed by atoms with E-state index in [1.165, 1.54) is 6.07 Å². The number of nitrogens with zero attached hydrogens (tertiary/aromatic N) is 1. The highest BCUT2D eigenvalue weighted by Crippen LogP contribution is 2.37. The number of carbonyl (C=O) groups is 1. The van der Waals surface area contributed by atoms with Crippen molar-refractivity contribution in [1.29, 1.82) is 0 Å². The SMILES string of the molecule is CN(C(=O)C(F)(OCF)C(F)(F)F)c1cccc([Si](C)(C)C[Si](C)(C)Cl)c1. The van der Waals surface area contributed by atoms with Gasteiger partial charge in [-0.3, -0.25) is 9.53 Å². The lowest BCUT2D eigenvalue weighted by molar-refractivity contribution is -0.321. The van der Waals surface area contributed by atoms with Crippen LogP contribution < -0.4 is 10.1 Å². The van der Waals surface area contributed by atoms with E-state index >= 15 is 0 Å². The van der Waals surface area contributed by atoms with Gasteiger partial charge in [0, 0.05) is 12.7 Å². The Morgan fingerprint density at radius 3 is 2.19 bits per heavy atom. The number of rotatable bonds is 7. The third-order valence-electron chi connectivity index (χ3n) is 4.08. The van der Waals surface area contributed by atoms with Crippen molar-refractivity contribution < 1.29 is 31.5 Å². The molecule has 0 saturated heterocycles. The van der Waals surface area contributed by atoms with Crippen LogP contribution in [0, 0.1) is 0 Å². The van der Waals surface area contributed by atoms with E-state index in [0.717, 1.165) is 17.9 Å². The molecule has 1 atom stereocenters. The van der Waals surface area contributed by atoms with E-state index in [1.54, 1.807) is 12.1 Å². The minimum Gasteiger partial charge on any atom is -0.310 e. The summed E-state index contributed by atoms with van der Waals surface area (Å²) in [6.45, 7) is 6.03. The van der Waals surface area contributed by atoms with E-state index < -0.39 is 40.3 Å². The predicted octanol–water partition coefficient (Wildman–Crippen LogP) is 4.72. The van der Waals surface area contributed by atoms with Crippen molar-refractivity contribution in [3.8, 4) is 0 Å². The van der Waals surface area contributed by atoms with E-state index in [9.17, 15) is 26.7 Å². The van der Waals surface area contributed by atoms with Gasteiger partial charge in [-0.15, -0.1) is 0 Å². The smallest absolute Gasteiger partial charge is 0.310 e. The molecule has 0 bridgehead atoms. The molecule has 0 fully saturated rings. The second-order valence-corrected chi connectivity index (χ2v) is 19.8. The Hall–Kier alpha value is -0.976. The zero-order chi connectivity index (χ0) is 21.3. The first kappa shape index (κ1) is 24.1. The molecule has 1 rings (SSSR count). The molecular formula is C16H23ClF5NO2Si2. The average molecular weight is 448 g/mol. The number of halogens is 6. The molecule has 1 amide bonds. The molecule has 1 aromatic rings. The van der Waals surface area contributed by atoms with E-state index in [2.05, 4.69) is 17.8 Å². The topological polar surface area (TPSA) is 29.5 Å². The van der Waals surface area contributed by atoms with Gasteiger partial charge in [-0.05, 0) is 17.8 Å². The van der Waals surface area contributed by atoms with Crippen LogP contribution in [0.2, 0.25) is 31.9 Å². The molecule has 0 aliphatic rings. The monoisotopic (exact) mass is 447 g/mol. The molecule has 0 spiro atoms. The largest absolute Gasteiger partial charge is 0.458 e. The number of carbonyl (C=O) groups excluding carboxylic acids is 1. The Kier molecular flexibility index (Phi) is 7.29. The molecule has 1 aromatic carbocycles. The molecule has 0 aliphatic heterocycles. The number of alkyl halides is 5. The lowest BCUT2D eigenvalue weighted by atomic mass is 10.2. The van der Waals surface area contributed by atoms with Crippen LogP contribution in [0.5, 0.6) is 0 Å². The van der Waals surface area contributed by atoms with Gasteiger partial charge < -0.3 is 4.90 Å². The zero-order valence-electron chi connectivity index (χ0n) is 15.8. The summed E-state index contributed by atoms with van der Waals surface area (Å²) in [4.78, 5) is 12.6. The van der Waals surface area contributed by atoms with Crippen LogP contribution in [0.1, 0.15) is 0 Å². The normalized spacial score (nSPS) is 15.4. The van der Waals surface area contributed by atoms with Crippen molar-refractivity contribution in [3.05, 3.63) is 24.3 Å². The minimum absolute atomic E-state index is 0.0563. The number of hydrogen-bond acceptors (Lipinski definition) is 2. The van der Waals surface area contributed by atoms with Gasteiger partial charge in [0.15, 0.2) is 6.86 Å². The summed E-state index contributed by atoms with van der Waals surface area (Å²) in [6, 6.07) is 6.32. The van der Waals surface area contributed by atoms with Crippen molar-refractivity contribution in [2.75, 3.05) is 18.8 Å². The van der Waals surface area contributed by atoms with Gasteiger partial charge in [-0.25, -0.2) is 4.39 Å². The van der Waals surface area contributed by atoms with Crippen LogP contribution in [0.25, 0.3) is 0 Å². The molecule has 0 saturated carbocycles. The Bertz CT molecular complexity index is 682. The average Bonchev–Trinajstić information content (AvgIpc) is 2.50. The van der Waals surface area contributed by atoms with Gasteiger partial charge >= 0.3 is 17.9 Å². The fourth-order valence-corrected chi connectivity index (χ4v) is 16.3. The molecule has 0 N–H and O–H groups in total. The third kappa shape index (κ3) is 5.75. The maximum Gasteiger partial charge on any atom is 0.458 e. The molecule has 0 heterocycles. The fraction of sp³-hybridized carbons (Fsp3) is 0.562. The van der Waals surface area contributed by atoms with Crippen LogP contribution >= 0.6 is 11.1 Å². The van der Waals surface area contributed by atoms with Crippen molar-refractivity contribution >= 4 is 43.3 Å². The van der Waals surface area contributed by atoms with Crippen molar-refractivity contribution in [2.24, 2.45) is 0 Å². The lowest BCUT2D eigenvalue weighted by Crippen LogP contribution is -2.56. The Labute approximate surface area is 162 Å². The second kappa shape index (κ2) is 8.18. The quantitative estimate of drug-likeness (QED) is 0.344. The Morgan fingerprint density at radius 2 is 1.74 bits per heavy atom. The highest BCUT2D eigenvalue weighted by Gasteiger charge is 2.65. The van der Waals surface area contributed by atoms with Crippen LogP contribution in [0.3, 0.4) is 0 Å². The summed E-state index contributed by atoms with van der Waals surface area (Å²) in [7, 11) is -2.98. The summed E-state index contributed by atoms with van der Waals surface area (Å²) in [5.41, 5.74) is 0.865. The van der Waals surface area contributed by atoms with Gasteiger partial charge in [0.25, 0.3) is 0 Å². The summed E-state index contributed by atoms with van der Waals surface area (Å²) in [6.07, 6.45) is -5.72. The summed E-state index contributed by atoms with van der Waals surface area (Å²) < 4.78 is 68.9. The molecule has 3 nitrogen and oxygen atoms in total. The van der Waals surface area contributed by atoms with E-state index in [0.29, 0.717) is 4.90 Å². The fourth-order valence-electron chi connectivity index (χ4n) is 2.96.